The van der Waals surface area contributed by atoms with Gasteiger partial charge in [0.05, 0.1) is 50.5 Å². The maximum atomic E-state index is 12.9. The number of sulfone groups is 2. The van der Waals surface area contributed by atoms with Crippen molar-refractivity contribution < 1.29 is 41.7 Å². The topological polar surface area (TPSA) is 201 Å². The standard InChI is InChI=1S/C25H33NO4S.C15H20O4S.C10H15NO.ClH/c1-18-9-15-22(16-10-18)31(29,30)17-19-11-13-21(14-12-19)24(27)26-23(25(2,3)28)20-7-5-4-6-8-20;1-11-2-8-14(9-3-11)20(18,19)10-12-4-6-13(7-5-12)15(16)17;1-10(2,12)9(11)8-6-4-3-5-7-8;/h4-10,15-16,19,21,23,28H,11-14,17H2,1-3H3,(H,26,27);2-3,8-9,12-13H,4-7,10H2,1H3,(H,16,17);3-7,9,12H,11H2,1-2H3;1H/t19?,21?,23-;;9-;/m0.0./s1. The van der Waals surface area contributed by atoms with Crippen molar-refractivity contribution in [3.63, 3.8) is 0 Å². The predicted octanol–water partition coefficient (Wildman–Crippen LogP) is 8.74. The molecule has 4 aromatic rings. The molecule has 0 heterocycles. The van der Waals surface area contributed by atoms with Gasteiger partial charge in [0, 0.05) is 5.92 Å². The van der Waals surface area contributed by atoms with Crippen molar-refractivity contribution in [2.75, 3.05) is 11.5 Å². The molecule has 2 atom stereocenters. The lowest BCUT2D eigenvalue weighted by molar-refractivity contribution is -0.143. The first kappa shape index (κ1) is 54.2. The summed E-state index contributed by atoms with van der Waals surface area (Å²) >= 11 is 0. The third kappa shape index (κ3) is 16.7. The fourth-order valence-corrected chi connectivity index (χ4v) is 11.5. The van der Waals surface area contributed by atoms with Crippen molar-refractivity contribution in [3.8, 4) is 0 Å². The number of carboxylic acid groups (broad SMARTS) is 1. The second kappa shape index (κ2) is 23.9. The number of amides is 1. The van der Waals surface area contributed by atoms with Crippen molar-refractivity contribution in [1.82, 2.24) is 5.32 Å². The normalized spacial score (nSPS) is 20.1. The second-order valence-corrected chi connectivity index (χ2v) is 22.6. The number of nitrogens with two attached hydrogens (primary N) is 1. The molecule has 2 fully saturated rings. The van der Waals surface area contributed by atoms with Crippen molar-refractivity contribution in [3.05, 3.63) is 131 Å². The van der Waals surface area contributed by atoms with Gasteiger partial charge in [-0.2, -0.15) is 0 Å². The Kier molecular flexibility index (Phi) is 20.2. The zero-order valence-electron chi connectivity index (χ0n) is 38.0. The Morgan fingerprint density at radius 1 is 0.594 bits per heavy atom. The minimum atomic E-state index is -3.32. The van der Waals surface area contributed by atoms with Crippen LogP contribution in [0.2, 0.25) is 0 Å². The first-order chi connectivity index (χ1) is 29.5. The summed E-state index contributed by atoms with van der Waals surface area (Å²) in [5.74, 6) is -0.893. The summed E-state index contributed by atoms with van der Waals surface area (Å²) in [6.07, 6.45) is 5.28. The molecule has 11 nitrogen and oxygen atoms in total. The lowest BCUT2D eigenvalue weighted by atomic mass is 9.82. The van der Waals surface area contributed by atoms with Crippen LogP contribution in [0.1, 0.15) is 113 Å². The average Bonchev–Trinajstić information content (AvgIpc) is 3.23. The van der Waals surface area contributed by atoms with Crippen LogP contribution in [-0.4, -0.2) is 66.7 Å². The number of hydrogen-bond acceptors (Lipinski definition) is 9. The third-order valence-corrected chi connectivity index (χ3v) is 15.9. The fraction of sp³-hybridized carbons (Fsp3) is 0.480. The quantitative estimate of drug-likeness (QED) is 0.0863. The highest BCUT2D eigenvalue weighted by Crippen LogP contribution is 2.34. The lowest BCUT2D eigenvalue weighted by Crippen LogP contribution is -2.45. The molecule has 2 aliphatic carbocycles. The molecule has 0 aliphatic heterocycles. The van der Waals surface area contributed by atoms with E-state index in [4.69, 9.17) is 10.8 Å². The smallest absolute Gasteiger partial charge is 0.306 e. The van der Waals surface area contributed by atoms with Crippen LogP contribution >= 0.6 is 12.4 Å². The zero-order valence-corrected chi connectivity index (χ0v) is 40.5. The van der Waals surface area contributed by atoms with Crippen LogP contribution in [0, 0.1) is 37.5 Å². The Balaban J connectivity index is 0.000000282. The van der Waals surface area contributed by atoms with E-state index in [2.05, 4.69) is 5.32 Å². The molecule has 0 aromatic heterocycles. The van der Waals surface area contributed by atoms with Crippen LogP contribution in [0.3, 0.4) is 0 Å². The molecule has 64 heavy (non-hydrogen) atoms. The van der Waals surface area contributed by atoms with E-state index in [1.165, 1.54) is 0 Å². The second-order valence-electron chi connectivity index (χ2n) is 18.5. The largest absolute Gasteiger partial charge is 0.481 e. The zero-order chi connectivity index (χ0) is 46.6. The molecule has 352 valence electrons. The molecule has 2 aliphatic rings. The summed E-state index contributed by atoms with van der Waals surface area (Å²) in [5.41, 5.74) is 7.75. The number of benzene rings is 4. The van der Waals surface area contributed by atoms with Crippen LogP contribution < -0.4 is 11.1 Å². The van der Waals surface area contributed by atoms with Gasteiger partial charge >= 0.3 is 5.97 Å². The number of rotatable bonds is 13. The molecule has 0 radical (unpaired) electrons. The molecule has 0 saturated heterocycles. The van der Waals surface area contributed by atoms with Gasteiger partial charge in [-0.05, 0) is 140 Å². The van der Waals surface area contributed by atoms with Gasteiger partial charge in [0.25, 0.3) is 0 Å². The third-order valence-electron chi connectivity index (χ3n) is 12.1. The van der Waals surface area contributed by atoms with Gasteiger partial charge in [0.2, 0.25) is 5.91 Å². The summed E-state index contributed by atoms with van der Waals surface area (Å²) in [4.78, 5) is 24.5. The van der Waals surface area contributed by atoms with Gasteiger partial charge in [-0.25, -0.2) is 16.8 Å². The number of aryl methyl sites for hydroxylation is 2. The van der Waals surface area contributed by atoms with Gasteiger partial charge in [-0.1, -0.05) is 96.1 Å². The van der Waals surface area contributed by atoms with Crippen LogP contribution in [-0.2, 0) is 29.3 Å². The number of aliphatic carboxylic acids is 1. The van der Waals surface area contributed by atoms with Gasteiger partial charge in [-0.15, -0.1) is 12.4 Å². The SMILES string of the molecule is CC(C)(O)[C@@H](N)c1ccccc1.Cc1ccc(S(=O)(=O)CC2CCC(C(=O)N[C@@H](c3ccccc3)C(C)(C)O)CC2)cc1.Cc1ccc(S(=O)(=O)CC2CCC(C(=O)O)CC2)cc1.Cl. The fourth-order valence-electron chi connectivity index (χ4n) is 8.11. The van der Waals surface area contributed by atoms with Crippen LogP contribution in [0.5, 0.6) is 0 Å². The average molecular weight is 942 g/mol. The summed E-state index contributed by atoms with van der Waals surface area (Å²) < 4.78 is 50.1. The Morgan fingerprint density at radius 3 is 1.30 bits per heavy atom. The van der Waals surface area contributed by atoms with Gasteiger partial charge in [0.15, 0.2) is 19.7 Å². The van der Waals surface area contributed by atoms with E-state index in [1.807, 2.05) is 86.6 Å². The van der Waals surface area contributed by atoms with E-state index < -0.39 is 42.9 Å². The van der Waals surface area contributed by atoms with E-state index in [0.29, 0.717) is 61.2 Å². The minimum Gasteiger partial charge on any atom is -0.481 e. The maximum Gasteiger partial charge on any atom is 0.306 e. The number of hydrogen-bond donors (Lipinski definition) is 5. The van der Waals surface area contributed by atoms with Crippen molar-refractivity contribution in [1.29, 1.82) is 0 Å². The minimum absolute atomic E-state index is 0. The summed E-state index contributed by atoms with van der Waals surface area (Å²) in [6.45, 7) is 10.7. The van der Waals surface area contributed by atoms with Gasteiger partial charge < -0.3 is 26.4 Å². The van der Waals surface area contributed by atoms with Crippen LogP contribution in [0.15, 0.2) is 119 Å². The van der Waals surface area contributed by atoms with E-state index >= 15 is 0 Å². The molecule has 0 bridgehead atoms. The number of carbonyl (C=O) groups excluding carboxylic acids is 1. The highest BCUT2D eigenvalue weighted by molar-refractivity contribution is 7.91. The van der Waals surface area contributed by atoms with Crippen LogP contribution in [0.25, 0.3) is 0 Å². The van der Waals surface area contributed by atoms with Gasteiger partial charge in [-0.3, -0.25) is 9.59 Å². The summed E-state index contributed by atoms with van der Waals surface area (Å²) in [6, 6.07) is 32.1. The molecule has 2 saturated carbocycles. The van der Waals surface area contributed by atoms with E-state index in [9.17, 15) is 36.6 Å². The Morgan fingerprint density at radius 2 is 0.953 bits per heavy atom. The number of aliphatic hydroxyl groups is 2. The van der Waals surface area contributed by atoms with E-state index in [-0.39, 0.29) is 59.5 Å². The number of nitrogens with one attached hydrogen (secondary N) is 1. The van der Waals surface area contributed by atoms with E-state index in [1.54, 1.807) is 64.1 Å². The van der Waals surface area contributed by atoms with Gasteiger partial charge in [0.1, 0.15) is 0 Å². The molecule has 0 spiro atoms. The highest BCUT2D eigenvalue weighted by Gasteiger charge is 2.35. The molecule has 6 rings (SSSR count). The summed E-state index contributed by atoms with van der Waals surface area (Å²) in [5, 5.41) is 32.2. The molecular formula is C50H69ClN2O9S2. The Hall–Kier alpha value is -4.11. The number of carboxylic acids is 1. The predicted molar refractivity (Wildman–Crippen MR) is 256 cm³/mol. The van der Waals surface area contributed by atoms with Crippen molar-refractivity contribution in [2.24, 2.45) is 29.4 Å². The Bertz CT molecular complexity index is 2260. The highest BCUT2D eigenvalue weighted by atomic mass is 35.5. The van der Waals surface area contributed by atoms with Crippen LogP contribution in [0.4, 0.5) is 0 Å². The maximum absolute atomic E-state index is 12.9. The number of halogens is 1. The van der Waals surface area contributed by atoms with Crippen molar-refractivity contribution >= 4 is 44.0 Å². The number of carbonyl (C=O) groups is 2. The van der Waals surface area contributed by atoms with E-state index in [0.717, 1.165) is 22.3 Å². The molecule has 6 N–H and O–H groups in total. The monoisotopic (exact) mass is 940 g/mol. The molecule has 0 unspecified atom stereocenters. The molecule has 1 amide bonds. The molecule has 4 aromatic carbocycles. The summed E-state index contributed by atoms with van der Waals surface area (Å²) in [7, 11) is -6.58. The Labute approximate surface area is 387 Å². The van der Waals surface area contributed by atoms with Crippen molar-refractivity contribution in [2.45, 2.75) is 126 Å². The molecule has 14 heteroatoms. The lowest BCUT2D eigenvalue weighted by Gasteiger charge is -2.33. The first-order valence-corrected chi connectivity index (χ1v) is 25.2. The first-order valence-electron chi connectivity index (χ1n) is 21.9. The molecular weight excluding hydrogens is 872 g/mol.